The third-order valence-electron chi connectivity index (χ3n) is 6.73. The molecule has 0 saturated heterocycles. The van der Waals surface area contributed by atoms with Crippen LogP contribution in [0.2, 0.25) is 0 Å². The Morgan fingerprint density at radius 1 is 0.756 bits per heavy atom. The molecule has 0 spiro atoms. The molecule has 41 heavy (non-hydrogen) atoms. The number of hydrogen-bond acceptors (Lipinski definition) is 10. The molecule has 0 unspecified atom stereocenters. The van der Waals surface area contributed by atoms with Crippen molar-refractivity contribution in [2.75, 3.05) is 43.6 Å². The fourth-order valence-electron chi connectivity index (χ4n) is 4.24. The zero-order chi connectivity index (χ0) is 29.6. The van der Waals surface area contributed by atoms with Crippen LogP contribution in [0, 0.1) is 0 Å². The SMILES string of the molecule is CN1C(=O)CCCCN(N)/C(=C\N)COc2ccccc21.N/C=C1/COc2ccccc2NC(=O)CCCCN1N. The van der Waals surface area contributed by atoms with E-state index < -0.39 is 0 Å². The number of para-hydroxylation sites is 4. The molecular formula is C29H42N8O4. The number of hydrazine groups is 2. The van der Waals surface area contributed by atoms with Crippen molar-refractivity contribution in [2.24, 2.45) is 23.2 Å². The summed E-state index contributed by atoms with van der Waals surface area (Å²) in [6.45, 7) is 1.82. The van der Waals surface area contributed by atoms with Crippen molar-refractivity contribution < 1.29 is 19.1 Å². The Hall–Kier alpha value is -4.42. The van der Waals surface area contributed by atoms with E-state index in [-0.39, 0.29) is 25.0 Å². The Morgan fingerprint density at radius 2 is 1.29 bits per heavy atom. The Bertz CT molecular complexity index is 1220. The zero-order valence-corrected chi connectivity index (χ0v) is 23.6. The van der Waals surface area contributed by atoms with Crippen LogP contribution in [0.4, 0.5) is 11.4 Å². The van der Waals surface area contributed by atoms with Gasteiger partial charge in [0.25, 0.3) is 0 Å². The molecule has 9 N–H and O–H groups in total. The molecule has 4 rings (SSSR count). The zero-order valence-electron chi connectivity index (χ0n) is 23.6. The number of hydrogen-bond donors (Lipinski definition) is 5. The van der Waals surface area contributed by atoms with E-state index in [1.165, 1.54) is 12.4 Å². The van der Waals surface area contributed by atoms with E-state index in [2.05, 4.69) is 5.32 Å². The molecule has 0 aliphatic carbocycles. The van der Waals surface area contributed by atoms with Gasteiger partial charge in [-0.3, -0.25) is 9.59 Å². The van der Waals surface area contributed by atoms with E-state index in [0.29, 0.717) is 48.8 Å². The maximum Gasteiger partial charge on any atom is 0.226 e. The number of carbonyl (C=O) groups is 2. The van der Waals surface area contributed by atoms with E-state index in [0.717, 1.165) is 37.1 Å². The number of carbonyl (C=O) groups excluding carboxylic acids is 2. The minimum atomic E-state index is -0.0141. The summed E-state index contributed by atoms with van der Waals surface area (Å²) in [6.07, 6.45) is 7.08. The molecule has 0 radical (unpaired) electrons. The Morgan fingerprint density at radius 3 is 1.93 bits per heavy atom. The number of amides is 2. The molecule has 0 fully saturated rings. The molecule has 0 bridgehead atoms. The minimum Gasteiger partial charge on any atom is -0.485 e. The summed E-state index contributed by atoms with van der Waals surface area (Å²) in [5.74, 6) is 13.2. The van der Waals surface area contributed by atoms with Crippen LogP contribution in [0.3, 0.4) is 0 Å². The highest BCUT2D eigenvalue weighted by molar-refractivity contribution is 5.94. The van der Waals surface area contributed by atoms with Gasteiger partial charge in [-0.1, -0.05) is 24.3 Å². The van der Waals surface area contributed by atoms with Crippen LogP contribution in [-0.2, 0) is 9.59 Å². The summed E-state index contributed by atoms with van der Waals surface area (Å²) >= 11 is 0. The maximum atomic E-state index is 12.2. The highest BCUT2D eigenvalue weighted by Gasteiger charge is 2.17. The molecular weight excluding hydrogens is 524 g/mol. The van der Waals surface area contributed by atoms with Gasteiger partial charge in [0.1, 0.15) is 24.7 Å². The van der Waals surface area contributed by atoms with Gasteiger partial charge in [0.15, 0.2) is 0 Å². The minimum absolute atomic E-state index is 0.0141. The van der Waals surface area contributed by atoms with Crippen molar-refractivity contribution in [3.8, 4) is 11.5 Å². The second kappa shape index (κ2) is 16.0. The van der Waals surface area contributed by atoms with E-state index in [1.54, 1.807) is 28.0 Å². The normalized spacial score (nSPS) is 19.4. The van der Waals surface area contributed by atoms with Gasteiger partial charge >= 0.3 is 0 Å². The number of nitrogens with two attached hydrogens (primary N) is 4. The molecule has 222 valence electrons. The number of fused-ring (bicyclic) bond motifs is 2. The largest absolute Gasteiger partial charge is 0.485 e. The summed E-state index contributed by atoms with van der Waals surface area (Å²) in [6, 6.07) is 14.8. The number of nitrogens with one attached hydrogen (secondary N) is 1. The van der Waals surface area contributed by atoms with Crippen LogP contribution in [-0.4, -0.2) is 55.2 Å². The maximum absolute atomic E-state index is 12.2. The first-order valence-electron chi connectivity index (χ1n) is 13.7. The summed E-state index contributed by atoms with van der Waals surface area (Å²) in [4.78, 5) is 25.7. The number of anilines is 2. The molecule has 12 nitrogen and oxygen atoms in total. The van der Waals surface area contributed by atoms with Crippen LogP contribution in [0.5, 0.6) is 11.5 Å². The van der Waals surface area contributed by atoms with Gasteiger partial charge in [-0.05, 0) is 49.9 Å². The molecule has 2 aromatic rings. The van der Waals surface area contributed by atoms with Crippen molar-refractivity contribution in [1.82, 2.24) is 10.0 Å². The summed E-state index contributed by atoms with van der Waals surface area (Å²) < 4.78 is 11.5. The predicted octanol–water partition coefficient (Wildman–Crippen LogP) is 2.35. The number of benzene rings is 2. The lowest BCUT2D eigenvalue weighted by Crippen LogP contribution is -2.35. The van der Waals surface area contributed by atoms with Gasteiger partial charge in [-0.2, -0.15) is 0 Å². The Kier molecular flexibility index (Phi) is 12.1. The van der Waals surface area contributed by atoms with Crippen molar-refractivity contribution in [3.05, 3.63) is 72.3 Å². The third-order valence-corrected chi connectivity index (χ3v) is 6.73. The van der Waals surface area contributed by atoms with Crippen LogP contribution in [0.1, 0.15) is 38.5 Å². The number of ether oxygens (including phenoxy) is 2. The standard InChI is InChI=1S/C15H22N4O2.C14H20N4O2/c1-18-13-6-2-3-7-14(13)21-11-12(10-16)19(17)9-5-4-8-15(18)20;15-9-11-10-20-13-6-2-1-5-12(13)17-14(19)7-3-4-8-18(11)16/h2-3,6-7,10H,4-5,8-9,11,16-17H2,1H3;1-2,5-6,9H,3-4,7-8,10,15-16H2,(H,17,19)/b12-10-;11-9-. The van der Waals surface area contributed by atoms with Gasteiger partial charge in [-0.15, -0.1) is 0 Å². The average Bonchev–Trinajstić information content (AvgIpc) is 2.98. The van der Waals surface area contributed by atoms with Crippen LogP contribution >= 0.6 is 0 Å². The Balaban J connectivity index is 0.000000226. The molecule has 2 aliphatic heterocycles. The van der Waals surface area contributed by atoms with Gasteiger partial charge < -0.3 is 41.2 Å². The van der Waals surface area contributed by atoms with Crippen molar-refractivity contribution in [3.63, 3.8) is 0 Å². The fourth-order valence-corrected chi connectivity index (χ4v) is 4.24. The molecule has 2 amide bonds. The Labute approximate surface area is 241 Å². The lowest BCUT2D eigenvalue weighted by atomic mass is 10.2. The molecule has 0 atom stereocenters. The second-order valence-corrected chi connectivity index (χ2v) is 9.66. The van der Waals surface area contributed by atoms with Gasteiger partial charge in [0.05, 0.1) is 22.8 Å². The van der Waals surface area contributed by atoms with Crippen LogP contribution < -0.4 is 42.8 Å². The second-order valence-electron chi connectivity index (χ2n) is 9.66. The van der Waals surface area contributed by atoms with Crippen LogP contribution in [0.15, 0.2) is 72.3 Å². The fraction of sp³-hybridized carbons (Fsp3) is 0.379. The number of rotatable bonds is 0. The summed E-state index contributed by atoms with van der Waals surface area (Å²) in [7, 11) is 1.77. The average molecular weight is 567 g/mol. The van der Waals surface area contributed by atoms with Gasteiger partial charge in [0, 0.05) is 45.4 Å². The topological polar surface area (TPSA) is 178 Å². The van der Waals surface area contributed by atoms with Crippen molar-refractivity contribution >= 4 is 23.2 Å². The highest BCUT2D eigenvalue weighted by Crippen LogP contribution is 2.29. The molecule has 12 heteroatoms. The molecule has 2 aromatic carbocycles. The molecule has 0 saturated carbocycles. The number of nitrogens with zero attached hydrogens (tertiary/aromatic N) is 3. The van der Waals surface area contributed by atoms with E-state index in [9.17, 15) is 9.59 Å². The first kappa shape index (κ1) is 31.1. The van der Waals surface area contributed by atoms with Crippen molar-refractivity contribution in [2.45, 2.75) is 38.5 Å². The van der Waals surface area contributed by atoms with Gasteiger partial charge in [0.2, 0.25) is 11.8 Å². The van der Waals surface area contributed by atoms with E-state index >= 15 is 0 Å². The molecule has 2 aliphatic rings. The summed E-state index contributed by atoms with van der Waals surface area (Å²) in [5, 5.41) is 6.02. The predicted molar refractivity (Wildman–Crippen MR) is 160 cm³/mol. The smallest absolute Gasteiger partial charge is 0.226 e. The first-order valence-corrected chi connectivity index (χ1v) is 13.7. The molecule has 2 heterocycles. The van der Waals surface area contributed by atoms with Crippen molar-refractivity contribution in [1.29, 1.82) is 0 Å². The lowest BCUT2D eigenvalue weighted by molar-refractivity contribution is -0.118. The quantitative estimate of drug-likeness (QED) is 0.297. The van der Waals surface area contributed by atoms with E-state index in [1.807, 2.05) is 42.5 Å². The third kappa shape index (κ3) is 9.33. The molecule has 0 aromatic heterocycles. The highest BCUT2D eigenvalue weighted by atomic mass is 16.5. The summed E-state index contributed by atoms with van der Waals surface area (Å²) in [5.41, 5.74) is 14.1. The van der Waals surface area contributed by atoms with Crippen LogP contribution in [0.25, 0.3) is 0 Å². The first-order chi connectivity index (χ1) is 19.8. The van der Waals surface area contributed by atoms with E-state index in [4.69, 9.17) is 32.6 Å². The lowest BCUT2D eigenvalue weighted by Gasteiger charge is -2.25. The monoisotopic (exact) mass is 566 g/mol. The van der Waals surface area contributed by atoms with Gasteiger partial charge in [-0.25, -0.2) is 11.7 Å².